The highest BCUT2D eigenvalue weighted by atomic mass is 79.9. The fraction of sp³-hybridized carbons (Fsp3) is 0.739. The van der Waals surface area contributed by atoms with Crippen LogP contribution in [0.1, 0.15) is 50.2 Å². The van der Waals surface area contributed by atoms with E-state index in [1.165, 1.54) is 44.1 Å². The molecule has 1 aliphatic heterocycles. The van der Waals surface area contributed by atoms with Crippen LogP contribution in [-0.2, 0) is 9.47 Å². The molecular weight excluding hydrogens is 454 g/mol. The summed E-state index contributed by atoms with van der Waals surface area (Å²) < 4.78 is 13.5. The van der Waals surface area contributed by atoms with Crippen LogP contribution in [0.25, 0.3) is 0 Å². The van der Waals surface area contributed by atoms with Gasteiger partial charge in [-0.1, -0.05) is 28.1 Å². The van der Waals surface area contributed by atoms with Gasteiger partial charge in [0, 0.05) is 24.1 Å². The third-order valence-corrected chi connectivity index (χ3v) is 7.90. The van der Waals surface area contributed by atoms with Crippen LogP contribution in [0.15, 0.2) is 28.7 Å². The van der Waals surface area contributed by atoms with Crippen LogP contribution < -0.4 is 0 Å². The lowest BCUT2D eigenvalue weighted by molar-refractivity contribution is -0.177. The van der Waals surface area contributed by atoms with Crippen molar-refractivity contribution in [1.29, 1.82) is 0 Å². The maximum atomic E-state index is 10.7. The van der Waals surface area contributed by atoms with E-state index in [4.69, 9.17) is 9.47 Å². The summed E-state index contributed by atoms with van der Waals surface area (Å²) in [6.45, 7) is 3.55. The fourth-order valence-corrected chi connectivity index (χ4v) is 7.03. The van der Waals surface area contributed by atoms with Gasteiger partial charge in [0.2, 0.25) is 0 Å². The molecule has 4 aliphatic carbocycles. The Bertz CT molecular complexity index is 667. The van der Waals surface area contributed by atoms with Gasteiger partial charge in [-0.05, 0) is 74.0 Å². The van der Waals surface area contributed by atoms with E-state index in [1.54, 1.807) is 0 Å². The topological polar surface area (TPSA) is 41.9 Å². The molecule has 4 nitrogen and oxygen atoms in total. The Balaban J connectivity index is 0.00000205. The number of rotatable bonds is 6. The number of nitrogens with zero attached hydrogens (tertiary/aromatic N) is 1. The van der Waals surface area contributed by atoms with Gasteiger partial charge in [-0.15, -0.1) is 12.4 Å². The summed E-state index contributed by atoms with van der Waals surface area (Å²) in [6, 6.07) is 8.33. The maximum absolute atomic E-state index is 10.7. The van der Waals surface area contributed by atoms with Crippen molar-refractivity contribution in [2.45, 2.75) is 56.3 Å². The van der Waals surface area contributed by atoms with Gasteiger partial charge in [0.15, 0.2) is 0 Å². The van der Waals surface area contributed by atoms with Crippen LogP contribution in [0.5, 0.6) is 0 Å². The first kappa shape index (κ1) is 22.0. The Labute approximate surface area is 188 Å². The molecule has 5 fully saturated rings. The Morgan fingerprint density at radius 2 is 1.86 bits per heavy atom. The Morgan fingerprint density at radius 3 is 2.52 bits per heavy atom. The average Bonchev–Trinajstić information content (AvgIpc) is 2.66. The monoisotopic (exact) mass is 485 g/mol. The fourth-order valence-electron chi connectivity index (χ4n) is 6.61. The van der Waals surface area contributed by atoms with E-state index in [0.29, 0.717) is 19.8 Å². The van der Waals surface area contributed by atoms with Crippen molar-refractivity contribution in [2.24, 2.45) is 17.8 Å². The number of hydrogen-bond donors (Lipinski definition) is 1. The molecule has 0 aromatic heterocycles. The zero-order valence-corrected chi connectivity index (χ0v) is 19.4. The van der Waals surface area contributed by atoms with Crippen molar-refractivity contribution in [3.8, 4) is 0 Å². The van der Waals surface area contributed by atoms with Crippen molar-refractivity contribution < 1.29 is 14.6 Å². The lowest BCUT2D eigenvalue weighted by atomic mass is 9.54. The number of ether oxygens (including phenoxy) is 2. The molecule has 1 N–H and O–H groups in total. The van der Waals surface area contributed by atoms with Crippen LogP contribution in [0.3, 0.4) is 0 Å². The third-order valence-electron chi connectivity index (χ3n) is 7.40. The molecule has 4 bridgehead atoms. The number of halogens is 2. The zero-order valence-electron chi connectivity index (χ0n) is 17.0. The molecule has 2 atom stereocenters. The van der Waals surface area contributed by atoms with Crippen LogP contribution in [-0.4, -0.2) is 54.6 Å². The molecular formula is C23H33BrClNO3. The maximum Gasteiger partial charge on any atom is 0.0952 e. The smallest absolute Gasteiger partial charge is 0.0952 e. The van der Waals surface area contributed by atoms with Gasteiger partial charge in [-0.25, -0.2) is 0 Å². The molecule has 5 aliphatic rings. The number of aliphatic hydroxyl groups excluding tert-OH is 1. The van der Waals surface area contributed by atoms with Crippen molar-refractivity contribution in [2.75, 3.05) is 32.8 Å². The predicted octanol–water partition coefficient (Wildman–Crippen LogP) is 4.59. The minimum atomic E-state index is -0.422. The standard InChI is InChI=1S/C23H32BrNO3.ClH/c24-20-3-1-2-19(9-20)22-14-25(4-5-27-22)13-21(26)15-28-23-10-16-6-17(11-23)8-18(7-16)12-23;/h1-3,9,16-18,21-22,26H,4-8,10-15H2;1H. The van der Waals surface area contributed by atoms with Gasteiger partial charge in [0.05, 0.1) is 31.0 Å². The largest absolute Gasteiger partial charge is 0.389 e. The number of aliphatic hydroxyl groups is 1. The first-order chi connectivity index (χ1) is 13.6. The highest BCUT2D eigenvalue weighted by molar-refractivity contribution is 9.10. The van der Waals surface area contributed by atoms with E-state index in [2.05, 4.69) is 39.0 Å². The van der Waals surface area contributed by atoms with Gasteiger partial charge >= 0.3 is 0 Å². The minimum absolute atomic E-state index is 0. The summed E-state index contributed by atoms with van der Waals surface area (Å²) in [7, 11) is 0. The summed E-state index contributed by atoms with van der Waals surface area (Å²) in [5.41, 5.74) is 1.28. The van der Waals surface area contributed by atoms with E-state index < -0.39 is 6.10 Å². The SMILES string of the molecule is Cl.OC(COC12CC3CC(CC(C3)C1)C2)CN1CCOC(c2cccc(Br)c2)C1. The Hall–Kier alpha value is -0.170. The first-order valence-electron chi connectivity index (χ1n) is 11.0. The summed E-state index contributed by atoms with van der Waals surface area (Å²) in [5, 5.41) is 10.7. The molecule has 1 heterocycles. The molecule has 1 aromatic rings. The van der Waals surface area contributed by atoms with Crippen molar-refractivity contribution in [1.82, 2.24) is 4.90 Å². The molecule has 2 unspecified atom stereocenters. The molecule has 4 saturated carbocycles. The van der Waals surface area contributed by atoms with E-state index in [9.17, 15) is 5.11 Å². The molecule has 162 valence electrons. The minimum Gasteiger partial charge on any atom is -0.389 e. The van der Waals surface area contributed by atoms with E-state index in [0.717, 1.165) is 35.3 Å². The quantitative estimate of drug-likeness (QED) is 0.638. The second-order valence-corrected chi connectivity index (χ2v) is 10.7. The third kappa shape index (κ3) is 5.02. The molecule has 6 heteroatoms. The predicted molar refractivity (Wildman–Crippen MR) is 119 cm³/mol. The Morgan fingerprint density at radius 1 is 1.17 bits per heavy atom. The number of benzene rings is 1. The van der Waals surface area contributed by atoms with Crippen molar-refractivity contribution in [3.05, 3.63) is 34.3 Å². The summed E-state index contributed by atoms with van der Waals surface area (Å²) in [5.74, 6) is 2.65. The van der Waals surface area contributed by atoms with Gasteiger partial charge in [0.1, 0.15) is 0 Å². The summed E-state index contributed by atoms with van der Waals surface area (Å²) in [4.78, 5) is 2.32. The van der Waals surface area contributed by atoms with Gasteiger partial charge in [-0.3, -0.25) is 4.90 Å². The average molecular weight is 487 g/mol. The van der Waals surface area contributed by atoms with E-state index >= 15 is 0 Å². The molecule has 0 amide bonds. The number of morpholine rings is 1. The highest BCUT2D eigenvalue weighted by Gasteiger charge is 2.51. The second kappa shape index (κ2) is 9.13. The Kier molecular flexibility index (Phi) is 6.94. The number of hydrogen-bond acceptors (Lipinski definition) is 4. The summed E-state index contributed by atoms with van der Waals surface area (Å²) >= 11 is 3.54. The summed E-state index contributed by atoms with van der Waals surface area (Å²) in [6.07, 6.45) is 7.62. The van der Waals surface area contributed by atoms with Crippen LogP contribution in [0, 0.1) is 17.8 Å². The normalized spacial score (nSPS) is 37.3. The van der Waals surface area contributed by atoms with Crippen molar-refractivity contribution in [3.63, 3.8) is 0 Å². The van der Waals surface area contributed by atoms with Crippen LogP contribution in [0.2, 0.25) is 0 Å². The van der Waals surface area contributed by atoms with E-state index in [-0.39, 0.29) is 24.1 Å². The number of β-amino-alcohol motifs (C(OH)–C–C–N with tert-alkyl or cyclic N) is 1. The van der Waals surface area contributed by atoms with Crippen LogP contribution in [0.4, 0.5) is 0 Å². The lowest BCUT2D eigenvalue weighted by Gasteiger charge is -2.56. The second-order valence-electron chi connectivity index (χ2n) is 9.74. The van der Waals surface area contributed by atoms with Crippen LogP contribution >= 0.6 is 28.3 Å². The molecule has 0 radical (unpaired) electrons. The first-order valence-corrected chi connectivity index (χ1v) is 11.8. The zero-order chi connectivity index (χ0) is 19.1. The molecule has 6 rings (SSSR count). The van der Waals surface area contributed by atoms with Crippen molar-refractivity contribution >= 4 is 28.3 Å². The molecule has 0 spiro atoms. The van der Waals surface area contributed by atoms with Gasteiger partial charge < -0.3 is 14.6 Å². The van der Waals surface area contributed by atoms with Gasteiger partial charge in [-0.2, -0.15) is 0 Å². The molecule has 1 aromatic carbocycles. The van der Waals surface area contributed by atoms with Gasteiger partial charge in [0.25, 0.3) is 0 Å². The van der Waals surface area contributed by atoms with E-state index in [1.807, 2.05) is 6.07 Å². The molecule has 29 heavy (non-hydrogen) atoms. The highest BCUT2D eigenvalue weighted by Crippen LogP contribution is 2.57. The molecule has 1 saturated heterocycles. The lowest BCUT2D eigenvalue weighted by Crippen LogP contribution is -2.53.